The minimum Gasteiger partial charge on any atom is -0.395 e. The van der Waals surface area contributed by atoms with Crippen molar-refractivity contribution in [1.82, 2.24) is 0 Å². The number of hydrogen-bond donors (Lipinski definition) is 1. The van der Waals surface area contributed by atoms with Crippen LogP contribution in [0.25, 0.3) is 10.8 Å². The summed E-state index contributed by atoms with van der Waals surface area (Å²) in [5.41, 5.74) is 1.85. The molecular formula is C24H18N2O2S3. The van der Waals surface area contributed by atoms with Crippen LogP contribution in [-0.4, -0.2) is 28.5 Å². The summed E-state index contributed by atoms with van der Waals surface area (Å²) < 4.78 is 0.529. The number of aliphatic hydroxyl groups excluding tert-OH is 1. The molecule has 1 fully saturated rings. The van der Waals surface area contributed by atoms with Gasteiger partial charge in [0.1, 0.15) is 0 Å². The van der Waals surface area contributed by atoms with Crippen molar-refractivity contribution in [2.75, 3.05) is 23.0 Å². The maximum Gasteiger partial charge on any atom is 0.270 e. The Morgan fingerprint density at radius 2 is 1.71 bits per heavy atom. The average molecular weight is 463 g/mol. The van der Waals surface area contributed by atoms with Crippen LogP contribution in [0.1, 0.15) is 0 Å². The van der Waals surface area contributed by atoms with Gasteiger partial charge in [-0.1, -0.05) is 84.3 Å². The minimum atomic E-state index is -0.113. The second-order valence-electron chi connectivity index (χ2n) is 6.99. The van der Waals surface area contributed by atoms with Crippen molar-refractivity contribution in [3.05, 3.63) is 88.8 Å². The summed E-state index contributed by atoms with van der Waals surface area (Å²) in [4.78, 5) is 18.4. The predicted molar refractivity (Wildman–Crippen MR) is 135 cm³/mol. The SMILES string of the molecule is O=C1/C(=C/C=C2\Sc3c(ccc4ccccc34)N2CCO)SC(=S)N1c1ccccc1. The highest BCUT2D eigenvalue weighted by atomic mass is 32.2. The molecule has 0 unspecified atom stereocenters. The molecule has 0 saturated carbocycles. The van der Waals surface area contributed by atoms with E-state index in [0.29, 0.717) is 15.8 Å². The van der Waals surface area contributed by atoms with E-state index >= 15 is 0 Å². The topological polar surface area (TPSA) is 43.8 Å². The third-order valence-corrected chi connectivity index (χ3v) is 7.65. The minimum absolute atomic E-state index is 0.0420. The number of benzene rings is 3. The number of fused-ring (bicyclic) bond motifs is 3. The van der Waals surface area contributed by atoms with Crippen molar-refractivity contribution in [3.63, 3.8) is 0 Å². The van der Waals surface area contributed by atoms with Crippen LogP contribution in [0.3, 0.4) is 0 Å². The molecule has 5 rings (SSSR count). The quantitative estimate of drug-likeness (QED) is 0.406. The van der Waals surface area contributed by atoms with E-state index in [0.717, 1.165) is 16.4 Å². The van der Waals surface area contributed by atoms with Crippen LogP contribution in [0.4, 0.5) is 11.4 Å². The standard InChI is InChI=1S/C24H18N2O2S3/c27-15-14-25-19-11-10-16-6-4-5-9-18(16)22(19)31-21(25)13-12-20-23(28)26(24(29)30-20)17-7-2-1-3-8-17/h1-13,27H,14-15H2/b20-12-,21-13-. The van der Waals surface area contributed by atoms with Crippen LogP contribution in [0.15, 0.2) is 93.7 Å². The zero-order chi connectivity index (χ0) is 21.4. The molecule has 1 N–H and O–H groups in total. The Balaban J connectivity index is 1.49. The average Bonchev–Trinajstić information content (AvgIpc) is 3.29. The van der Waals surface area contributed by atoms with E-state index in [1.165, 1.54) is 27.4 Å². The van der Waals surface area contributed by atoms with Gasteiger partial charge in [-0.15, -0.1) is 0 Å². The first-order valence-corrected chi connectivity index (χ1v) is 11.8. The molecule has 0 spiro atoms. The Hall–Kier alpha value is -2.58. The number of thiocarbonyl (C=S) groups is 1. The third-order valence-electron chi connectivity index (χ3n) is 5.13. The fourth-order valence-electron chi connectivity index (χ4n) is 3.71. The van der Waals surface area contributed by atoms with E-state index in [4.69, 9.17) is 12.2 Å². The van der Waals surface area contributed by atoms with Crippen molar-refractivity contribution in [2.45, 2.75) is 4.90 Å². The van der Waals surface area contributed by atoms with Gasteiger partial charge in [0.05, 0.1) is 27.9 Å². The molecule has 3 aromatic rings. The molecule has 0 radical (unpaired) electrons. The molecule has 0 bridgehead atoms. The Morgan fingerprint density at radius 1 is 0.935 bits per heavy atom. The normalized spacial score (nSPS) is 18.6. The number of carbonyl (C=O) groups excluding carboxylic acids is 1. The molecular weight excluding hydrogens is 444 g/mol. The monoisotopic (exact) mass is 462 g/mol. The lowest BCUT2D eigenvalue weighted by Gasteiger charge is -2.19. The summed E-state index contributed by atoms with van der Waals surface area (Å²) >= 11 is 8.43. The molecule has 0 aliphatic carbocycles. The second kappa shape index (κ2) is 8.51. The Kier molecular flexibility index (Phi) is 5.58. The van der Waals surface area contributed by atoms with Crippen LogP contribution in [-0.2, 0) is 4.79 Å². The van der Waals surface area contributed by atoms with E-state index in [9.17, 15) is 9.90 Å². The first-order valence-electron chi connectivity index (χ1n) is 9.78. The highest BCUT2D eigenvalue weighted by Gasteiger charge is 2.33. The van der Waals surface area contributed by atoms with Gasteiger partial charge in [0.2, 0.25) is 0 Å². The van der Waals surface area contributed by atoms with E-state index in [-0.39, 0.29) is 12.5 Å². The summed E-state index contributed by atoms with van der Waals surface area (Å²) in [6.45, 7) is 0.531. The molecule has 2 aliphatic heterocycles. The van der Waals surface area contributed by atoms with E-state index in [1.807, 2.05) is 54.6 Å². The van der Waals surface area contributed by atoms with Crippen LogP contribution < -0.4 is 9.80 Å². The van der Waals surface area contributed by atoms with E-state index in [1.54, 1.807) is 16.7 Å². The number of thioether (sulfide) groups is 2. The van der Waals surface area contributed by atoms with E-state index < -0.39 is 0 Å². The van der Waals surface area contributed by atoms with Gasteiger partial charge in [0, 0.05) is 11.4 Å². The van der Waals surface area contributed by atoms with Gasteiger partial charge >= 0.3 is 0 Å². The summed E-state index contributed by atoms with van der Waals surface area (Å²) in [7, 11) is 0. The lowest BCUT2D eigenvalue weighted by Crippen LogP contribution is -2.27. The lowest BCUT2D eigenvalue weighted by molar-refractivity contribution is -0.113. The molecule has 4 nitrogen and oxygen atoms in total. The number of anilines is 2. The number of β-amino-alcohol motifs (C(OH)–C–C–N with tert-alkyl or cyclic N) is 1. The molecule has 0 atom stereocenters. The van der Waals surface area contributed by atoms with Crippen molar-refractivity contribution in [1.29, 1.82) is 0 Å². The summed E-state index contributed by atoms with van der Waals surface area (Å²) in [5.74, 6) is -0.113. The maximum atomic E-state index is 13.0. The number of para-hydroxylation sites is 1. The van der Waals surface area contributed by atoms with Crippen molar-refractivity contribution >= 4 is 68.1 Å². The summed E-state index contributed by atoms with van der Waals surface area (Å²) in [5, 5.41) is 13.0. The fraction of sp³-hybridized carbons (Fsp3) is 0.0833. The van der Waals surface area contributed by atoms with E-state index in [2.05, 4.69) is 29.2 Å². The Morgan fingerprint density at radius 3 is 2.52 bits per heavy atom. The number of nitrogens with zero attached hydrogens (tertiary/aromatic N) is 2. The van der Waals surface area contributed by atoms with Gasteiger partial charge in [-0.05, 0) is 41.1 Å². The Bertz CT molecular complexity index is 1250. The molecule has 2 aliphatic rings. The number of hydrogen-bond acceptors (Lipinski definition) is 6. The van der Waals surface area contributed by atoms with Gasteiger partial charge in [-0.2, -0.15) is 0 Å². The van der Waals surface area contributed by atoms with Crippen LogP contribution >= 0.6 is 35.7 Å². The zero-order valence-electron chi connectivity index (χ0n) is 16.4. The molecule has 1 saturated heterocycles. The largest absolute Gasteiger partial charge is 0.395 e. The first kappa shape index (κ1) is 20.3. The van der Waals surface area contributed by atoms with Gasteiger partial charge in [-0.25, -0.2) is 0 Å². The number of aliphatic hydroxyl groups is 1. The van der Waals surface area contributed by atoms with Gasteiger partial charge in [-0.3, -0.25) is 9.69 Å². The lowest BCUT2D eigenvalue weighted by atomic mass is 10.1. The highest BCUT2D eigenvalue weighted by Crippen LogP contribution is 2.49. The highest BCUT2D eigenvalue weighted by molar-refractivity contribution is 8.27. The zero-order valence-corrected chi connectivity index (χ0v) is 18.8. The molecule has 0 aromatic heterocycles. The van der Waals surface area contributed by atoms with Crippen LogP contribution in [0.2, 0.25) is 0 Å². The molecule has 154 valence electrons. The molecule has 31 heavy (non-hydrogen) atoms. The molecule has 3 aromatic carbocycles. The first-order chi connectivity index (χ1) is 15.2. The molecule has 1 amide bonds. The fourth-order valence-corrected chi connectivity index (χ4v) is 6.18. The smallest absolute Gasteiger partial charge is 0.270 e. The summed E-state index contributed by atoms with van der Waals surface area (Å²) in [6.07, 6.45) is 3.79. The number of amides is 1. The van der Waals surface area contributed by atoms with Gasteiger partial charge in [0.15, 0.2) is 4.32 Å². The number of allylic oxidation sites excluding steroid dienone is 2. The number of rotatable bonds is 4. The van der Waals surface area contributed by atoms with Crippen molar-refractivity contribution < 1.29 is 9.90 Å². The molecule has 7 heteroatoms. The third kappa shape index (κ3) is 3.68. The van der Waals surface area contributed by atoms with Gasteiger partial charge in [0.25, 0.3) is 5.91 Å². The van der Waals surface area contributed by atoms with Crippen molar-refractivity contribution in [2.24, 2.45) is 0 Å². The van der Waals surface area contributed by atoms with Crippen LogP contribution in [0, 0.1) is 0 Å². The number of carbonyl (C=O) groups is 1. The second-order valence-corrected chi connectivity index (χ2v) is 9.70. The van der Waals surface area contributed by atoms with Crippen molar-refractivity contribution in [3.8, 4) is 0 Å². The van der Waals surface area contributed by atoms with Gasteiger partial charge < -0.3 is 10.0 Å². The Labute approximate surface area is 194 Å². The maximum absolute atomic E-state index is 13.0. The van der Waals surface area contributed by atoms with Crippen LogP contribution in [0.5, 0.6) is 0 Å². The summed E-state index contributed by atoms with van der Waals surface area (Å²) in [6, 6.07) is 21.9. The molecule has 2 heterocycles. The predicted octanol–water partition coefficient (Wildman–Crippen LogP) is 5.53.